The van der Waals surface area contributed by atoms with Gasteiger partial charge in [-0.15, -0.1) is 0 Å². The van der Waals surface area contributed by atoms with Gasteiger partial charge in [-0.1, -0.05) is 24.3 Å². The highest BCUT2D eigenvalue weighted by atomic mass is 16.5. The molecular formula is C15H14N4O. The molecule has 0 bridgehead atoms. The van der Waals surface area contributed by atoms with Crippen LogP contribution in [0.4, 0.5) is 0 Å². The van der Waals surface area contributed by atoms with Crippen molar-refractivity contribution < 1.29 is 4.74 Å². The van der Waals surface area contributed by atoms with Crippen LogP contribution in [0, 0.1) is 0 Å². The molecule has 0 aliphatic carbocycles. The molecule has 100 valence electrons. The van der Waals surface area contributed by atoms with E-state index < -0.39 is 0 Å². The molecule has 2 heterocycles. The molecule has 3 aromatic rings. The number of nitrogens with two attached hydrogens (primary N) is 1. The molecule has 0 saturated carbocycles. The Morgan fingerprint density at radius 2 is 1.95 bits per heavy atom. The minimum Gasteiger partial charge on any atom is -0.481 e. The summed E-state index contributed by atoms with van der Waals surface area (Å²) in [6.45, 7) is 0. The van der Waals surface area contributed by atoms with Gasteiger partial charge in [-0.2, -0.15) is 0 Å². The molecule has 1 unspecified atom stereocenters. The van der Waals surface area contributed by atoms with Crippen molar-refractivity contribution in [2.24, 2.45) is 5.73 Å². The lowest BCUT2D eigenvalue weighted by Gasteiger charge is -2.13. The number of nitrogens with zero attached hydrogens (tertiary/aromatic N) is 3. The number of hydrogen-bond acceptors (Lipinski definition) is 5. The molecule has 2 aromatic heterocycles. The van der Waals surface area contributed by atoms with E-state index in [1.807, 2.05) is 30.3 Å². The molecule has 0 spiro atoms. The molecule has 20 heavy (non-hydrogen) atoms. The van der Waals surface area contributed by atoms with Crippen LogP contribution in [0.2, 0.25) is 0 Å². The minimum absolute atomic E-state index is 0.370. The number of para-hydroxylation sites is 1. The van der Waals surface area contributed by atoms with Crippen LogP contribution in [0.15, 0.2) is 48.9 Å². The molecule has 5 heteroatoms. The maximum absolute atomic E-state index is 6.32. The topological polar surface area (TPSA) is 73.9 Å². The van der Waals surface area contributed by atoms with E-state index >= 15 is 0 Å². The van der Waals surface area contributed by atoms with Crippen LogP contribution < -0.4 is 10.5 Å². The van der Waals surface area contributed by atoms with E-state index in [9.17, 15) is 0 Å². The van der Waals surface area contributed by atoms with Crippen LogP contribution in [0.1, 0.15) is 17.3 Å². The second-order valence-electron chi connectivity index (χ2n) is 4.39. The smallest absolute Gasteiger partial charge is 0.216 e. The van der Waals surface area contributed by atoms with Crippen LogP contribution >= 0.6 is 0 Å². The Morgan fingerprint density at radius 3 is 2.80 bits per heavy atom. The number of pyridine rings is 1. The first kappa shape index (κ1) is 12.5. The molecule has 1 atom stereocenters. The molecule has 1 aromatic carbocycles. The van der Waals surface area contributed by atoms with Crippen molar-refractivity contribution in [1.29, 1.82) is 0 Å². The van der Waals surface area contributed by atoms with Gasteiger partial charge in [0.1, 0.15) is 6.33 Å². The fourth-order valence-corrected chi connectivity index (χ4v) is 2.17. The summed E-state index contributed by atoms with van der Waals surface area (Å²) in [5, 5.41) is 1.06. The number of fused-ring (bicyclic) bond motifs is 1. The second kappa shape index (κ2) is 5.22. The largest absolute Gasteiger partial charge is 0.481 e. The summed E-state index contributed by atoms with van der Waals surface area (Å²) in [4.78, 5) is 12.6. The summed E-state index contributed by atoms with van der Waals surface area (Å²) in [6, 6.07) is 11.2. The van der Waals surface area contributed by atoms with E-state index in [4.69, 9.17) is 10.5 Å². The van der Waals surface area contributed by atoms with Crippen LogP contribution in [0.3, 0.4) is 0 Å². The number of benzene rings is 1. The predicted molar refractivity (Wildman–Crippen MR) is 76.4 cm³/mol. The number of rotatable bonds is 3. The monoisotopic (exact) mass is 266 g/mol. The van der Waals surface area contributed by atoms with Gasteiger partial charge in [0.25, 0.3) is 0 Å². The van der Waals surface area contributed by atoms with Crippen LogP contribution in [-0.4, -0.2) is 22.1 Å². The molecule has 2 N–H and O–H groups in total. The SMILES string of the molecule is COc1cc(C(N)c2cccc3cccnc23)ncn1. The van der Waals surface area contributed by atoms with Crippen molar-refractivity contribution in [3.05, 3.63) is 60.2 Å². The Balaban J connectivity index is 2.10. The molecule has 0 aliphatic rings. The fraction of sp³-hybridized carbons (Fsp3) is 0.133. The first-order valence-electron chi connectivity index (χ1n) is 6.25. The van der Waals surface area contributed by atoms with Gasteiger partial charge in [-0.3, -0.25) is 4.98 Å². The molecule has 0 saturated heterocycles. The third kappa shape index (κ3) is 2.19. The Bertz CT molecular complexity index is 739. The highest BCUT2D eigenvalue weighted by Gasteiger charge is 2.15. The van der Waals surface area contributed by atoms with Crippen LogP contribution in [0.5, 0.6) is 5.88 Å². The van der Waals surface area contributed by atoms with Gasteiger partial charge < -0.3 is 10.5 Å². The van der Waals surface area contributed by atoms with Crippen molar-refractivity contribution in [3.63, 3.8) is 0 Å². The molecular weight excluding hydrogens is 252 g/mol. The van der Waals surface area contributed by atoms with E-state index in [1.165, 1.54) is 6.33 Å². The highest BCUT2D eigenvalue weighted by molar-refractivity contribution is 5.82. The standard InChI is InChI=1S/C15H14N4O/c1-20-13-8-12(18-9-19-13)14(16)11-6-2-4-10-5-3-7-17-15(10)11/h2-9,14H,16H2,1H3. The third-order valence-corrected chi connectivity index (χ3v) is 3.19. The third-order valence-electron chi connectivity index (χ3n) is 3.19. The van der Waals surface area contributed by atoms with Crippen LogP contribution in [-0.2, 0) is 0 Å². The summed E-state index contributed by atoms with van der Waals surface area (Å²) in [6.07, 6.45) is 3.21. The minimum atomic E-state index is -0.370. The van der Waals surface area contributed by atoms with E-state index in [2.05, 4.69) is 15.0 Å². The van der Waals surface area contributed by atoms with Gasteiger partial charge in [0.05, 0.1) is 24.4 Å². The molecule has 0 aliphatic heterocycles. The number of hydrogen-bond donors (Lipinski definition) is 1. The lowest BCUT2D eigenvalue weighted by molar-refractivity contribution is 0.395. The maximum atomic E-state index is 6.32. The first-order chi connectivity index (χ1) is 9.79. The zero-order chi connectivity index (χ0) is 13.9. The zero-order valence-corrected chi connectivity index (χ0v) is 11.0. The fourth-order valence-electron chi connectivity index (χ4n) is 2.17. The Morgan fingerprint density at radius 1 is 1.10 bits per heavy atom. The van der Waals surface area contributed by atoms with Gasteiger partial charge >= 0.3 is 0 Å². The summed E-state index contributed by atoms with van der Waals surface area (Å²) >= 11 is 0. The van der Waals surface area contributed by atoms with E-state index in [0.717, 1.165) is 16.5 Å². The first-order valence-corrected chi connectivity index (χ1v) is 6.25. The quantitative estimate of drug-likeness (QED) is 0.785. The molecule has 3 rings (SSSR count). The average Bonchev–Trinajstić information content (AvgIpc) is 2.53. The van der Waals surface area contributed by atoms with Crippen molar-refractivity contribution >= 4 is 10.9 Å². The van der Waals surface area contributed by atoms with Gasteiger partial charge in [0.2, 0.25) is 5.88 Å². The van der Waals surface area contributed by atoms with E-state index in [-0.39, 0.29) is 6.04 Å². The summed E-state index contributed by atoms with van der Waals surface area (Å²) in [5.41, 5.74) is 8.85. The predicted octanol–water partition coefficient (Wildman–Crippen LogP) is 2.08. The lowest BCUT2D eigenvalue weighted by Crippen LogP contribution is -2.14. The van der Waals surface area contributed by atoms with Crippen molar-refractivity contribution in [2.45, 2.75) is 6.04 Å². The van der Waals surface area contributed by atoms with Crippen molar-refractivity contribution in [1.82, 2.24) is 15.0 Å². The molecule has 0 fully saturated rings. The molecule has 5 nitrogen and oxygen atoms in total. The zero-order valence-electron chi connectivity index (χ0n) is 11.0. The summed E-state index contributed by atoms with van der Waals surface area (Å²) < 4.78 is 5.11. The summed E-state index contributed by atoms with van der Waals surface area (Å²) in [5.74, 6) is 0.499. The Hall–Kier alpha value is -2.53. The molecule has 0 amide bonds. The highest BCUT2D eigenvalue weighted by Crippen LogP contribution is 2.25. The average molecular weight is 266 g/mol. The van der Waals surface area contributed by atoms with Crippen LogP contribution in [0.25, 0.3) is 10.9 Å². The summed E-state index contributed by atoms with van der Waals surface area (Å²) in [7, 11) is 1.57. The van der Waals surface area contributed by atoms with Gasteiger partial charge in [-0.25, -0.2) is 9.97 Å². The lowest BCUT2D eigenvalue weighted by atomic mass is 10.0. The Labute approximate surface area is 116 Å². The second-order valence-corrected chi connectivity index (χ2v) is 4.39. The maximum Gasteiger partial charge on any atom is 0.216 e. The van der Waals surface area contributed by atoms with E-state index in [1.54, 1.807) is 19.4 Å². The molecule has 0 radical (unpaired) electrons. The number of ether oxygens (including phenoxy) is 1. The van der Waals surface area contributed by atoms with Gasteiger partial charge in [-0.05, 0) is 6.07 Å². The Kier molecular flexibility index (Phi) is 3.26. The van der Waals surface area contributed by atoms with Crippen molar-refractivity contribution in [2.75, 3.05) is 7.11 Å². The van der Waals surface area contributed by atoms with Gasteiger partial charge in [0.15, 0.2) is 0 Å². The van der Waals surface area contributed by atoms with E-state index in [0.29, 0.717) is 11.6 Å². The van der Waals surface area contributed by atoms with Gasteiger partial charge in [0, 0.05) is 23.2 Å². The number of aromatic nitrogens is 3. The number of methoxy groups -OCH3 is 1. The normalized spacial score (nSPS) is 12.3. The van der Waals surface area contributed by atoms with Crippen molar-refractivity contribution in [3.8, 4) is 5.88 Å².